The van der Waals surface area contributed by atoms with Gasteiger partial charge in [-0.25, -0.2) is 4.98 Å². The van der Waals surface area contributed by atoms with Crippen molar-refractivity contribution < 1.29 is 4.79 Å². The fraction of sp³-hybridized carbons (Fsp3) is 0.750. The van der Waals surface area contributed by atoms with Crippen molar-refractivity contribution in [1.29, 1.82) is 0 Å². The van der Waals surface area contributed by atoms with Gasteiger partial charge in [0.25, 0.3) is 0 Å². The number of nitrogens with zero attached hydrogens (tertiary/aromatic N) is 5. The maximum Gasteiger partial charge on any atom is 0.225 e. The molecule has 2 heterocycles. The first-order chi connectivity index (χ1) is 13.6. The lowest BCUT2D eigenvalue weighted by molar-refractivity contribution is -0.137. The van der Waals surface area contributed by atoms with Crippen molar-refractivity contribution in [2.75, 3.05) is 53.4 Å². The number of hydrogen-bond acceptors (Lipinski definition) is 5. The number of hydrogen-bond donors (Lipinski definition) is 1. The third-order valence-corrected chi connectivity index (χ3v) is 6.56. The number of aliphatic imine (C=N–C) groups is 1. The smallest absolute Gasteiger partial charge is 0.225 e. The topological polar surface area (TPSA) is 64.1 Å². The number of rotatable bonds is 6. The van der Waals surface area contributed by atoms with E-state index in [4.69, 9.17) is 0 Å². The summed E-state index contributed by atoms with van der Waals surface area (Å²) in [5.41, 5.74) is 1.08. The average Bonchev–Trinajstić information content (AvgIpc) is 3.37. The van der Waals surface area contributed by atoms with Gasteiger partial charge < -0.3 is 15.1 Å². The van der Waals surface area contributed by atoms with Gasteiger partial charge in [0.2, 0.25) is 5.91 Å². The number of aromatic nitrogens is 1. The summed E-state index contributed by atoms with van der Waals surface area (Å²) in [6.07, 6.45) is 4.63. The molecule has 0 spiro atoms. The molecule has 1 saturated heterocycles. The van der Waals surface area contributed by atoms with Crippen molar-refractivity contribution >= 4 is 47.2 Å². The number of piperazine rings is 1. The van der Waals surface area contributed by atoms with E-state index in [2.05, 4.69) is 35.4 Å². The molecule has 29 heavy (non-hydrogen) atoms. The lowest BCUT2D eigenvalue weighted by Crippen LogP contribution is -2.51. The second kappa shape index (κ2) is 12.0. The predicted molar refractivity (Wildman–Crippen MR) is 130 cm³/mol. The van der Waals surface area contributed by atoms with E-state index < -0.39 is 0 Å². The maximum absolute atomic E-state index is 12.5. The monoisotopic (exact) mass is 534 g/mol. The van der Waals surface area contributed by atoms with E-state index in [1.165, 1.54) is 12.8 Å². The molecule has 0 atom stereocenters. The number of carbonyl (C=O) groups excluding carboxylic acids is 1. The fourth-order valence-electron chi connectivity index (χ4n) is 4.13. The minimum absolute atomic E-state index is 0. The van der Waals surface area contributed by atoms with Crippen LogP contribution >= 0.6 is 35.3 Å². The Kier molecular flexibility index (Phi) is 10.1. The van der Waals surface area contributed by atoms with E-state index in [0.717, 1.165) is 75.3 Å². The van der Waals surface area contributed by atoms with Gasteiger partial charge in [-0.2, -0.15) is 0 Å². The van der Waals surface area contributed by atoms with Crippen molar-refractivity contribution in [2.45, 2.75) is 39.2 Å². The molecule has 0 bridgehead atoms. The van der Waals surface area contributed by atoms with Crippen LogP contribution in [0.4, 0.5) is 0 Å². The van der Waals surface area contributed by atoms with E-state index in [1.54, 1.807) is 11.3 Å². The number of halogens is 1. The molecular weight excluding hydrogens is 499 g/mol. The first-order valence-electron chi connectivity index (χ1n) is 10.4. The van der Waals surface area contributed by atoms with Crippen LogP contribution in [-0.2, 0) is 11.3 Å². The van der Waals surface area contributed by atoms with Crippen molar-refractivity contribution in [2.24, 2.45) is 10.9 Å². The molecule has 3 rings (SSSR count). The van der Waals surface area contributed by atoms with Crippen LogP contribution in [0.2, 0.25) is 0 Å². The van der Waals surface area contributed by atoms with Gasteiger partial charge in [0.05, 0.1) is 17.2 Å². The van der Waals surface area contributed by atoms with Crippen LogP contribution in [0.1, 0.15) is 36.4 Å². The highest BCUT2D eigenvalue weighted by Crippen LogP contribution is 2.26. The molecule has 1 N–H and O–H groups in total. The first-order valence-corrected chi connectivity index (χ1v) is 11.3. The van der Waals surface area contributed by atoms with Crippen LogP contribution in [0.3, 0.4) is 0 Å². The Morgan fingerprint density at radius 3 is 2.59 bits per heavy atom. The number of amides is 1. The Bertz CT molecular complexity index is 668. The highest BCUT2D eigenvalue weighted by molar-refractivity contribution is 14.0. The number of aryl methyl sites for hydroxylation is 1. The number of guanidine groups is 1. The summed E-state index contributed by atoms with van der Waals surface area (Å²) in [5.74, 6) is 1.59. The van der Waals surface area contributed by atoms with Crippen LogP contribution in [0.5, 0.6) is 0 Å². The number of thiazole rings is 1. The number of carbonyl (C=O) groups is 1. The summed E-state index contributed by atoms with van der Waals surface area (Å²) in [6, 6.07) is 0. The van der Waals surface area contributed by atoms with Crippen LogP contribution in [0.25, 0.3) is 0 Å². The Balaban J connectivity index is 0.00000300. The molecule has 0 aromatic carbocycles. The second-order valence-electron chi connectivity index (χ2n) is 7.84. The minimum Gasteiger partial charge on any atom is -0.355 e. The molecule has 1 aliphatic heterocycles. The molecular formula is C20H35IN6OS. The summed E-state index contributed by atoms with van der Waals surface area (Å²) < 4.78 is 0. The Hall–Kier alpha value is -0.940. The molecule has 0 radical (unpaired) electrons. The van der Waals surface area contributed by atoms with Crippen molar-refractivity contribution in [1.82, 2.24) is 25.0 Å². The molecule has 1 aliphatic carbocycles. The fourth-order valence-corrected chi connectivity index (χ4v) is 4.74. The van der Waals surface area contributed by atoms with Crippen LogP contribution in [-0.4, -0.2) is 84.9 Å². The zero-order chi connectivity index (χ0) is 19.9. The molecule has 1 aromatic heterocycles. The van der Waals surface area contributed by atoms with Gasteiger partial charge in [0.15, 0.2) is 5.96 Å². The summed E-state index contributed by atoms with van der Waals surface area (Å²) in [6.45, 7) is 8.27. The molecule has 9 heteroatoms. The summed E-state index contributed by atoms with van der Waals surface area (Å²) in [4.78, 5) is 28.1. The molecule has 2 fully saturated rings. The zero-order valence-electron chi connectivity index (χ0n) is 17.9. The van der Waals surface area contributed by atoms with Gasteiger partial charge >= 0.3 is 0 Å². The highest BCUT2D eigenvalue weighted by Gasteiger charge is 2.29. The molecule has 1 saturated carbocycles. The van der Waals surface area contributed by atoms with E-state index in [9.17, 15) is 4.79 Å². The highest BCUT2D eigenvalue weighted by atomic mass is 127. The van der Waals surface area contributed by atoms with Crippen LogP contribution < -0.4 is 5.32 Å². The molecule has 1 amide bonds. The Morgan fingerprint density at radius 1 is 1.31 bits per heavy atom. The predicted octanol–water partition coefficient (Wildman–Crippen LogP) is 2.41. The van der Waals surface area contributed by atoms with E-state index >= 15 is 0 Å². The first kappa shape index (κ1) is 24.3. The largest absolute Gasteiger partial charge is 0.355 e. The Morgan fingerprint density at radius 2 is 2.00 bits per heavy atom. The second-order valence-corrected chi connectivity index (χ2v) is 8.90. The number of nitrogens with one attached hydrogen (secondary N) is 1. The van der Waals surface area contributed by atoms with Crippen LogP contribution in [0, 0.1) is 12.8 Å². The van der Waals surface area contributed by atoms with Crippen molar-refractivity contribution in [3.8, 4) is 0 Å². The maximum atomic E-state index is 12.5. The van der Waals surface area contributed by atoms with E-state index in [1.807, 2.05) is 21.0 Å². The van der Waals surface area contributed by atoms with Gasteiger partial charge in [-0.15, -0.1) is 35.3 Å². The molecule has 1 aromatic rings. The summed E-state index contributed by atoms with van der Waals surface area (Å²) >= 11 is 1.68. The summed E-state index contributed by atoms with van der Waals surface area (Å²) in [7, 11) is 3.86. The standard InChI is InChI=1S/C20H34N6OS.HI/c1-16-23-18(15-28-16)14-24(3)20(21-2)22-8-9-25-10-12-26(13-11-25)19(27)17-6-4-5-7-17;/h15,17H,4-14H2,1-3H3,(H,21,22);1H. The van der Waals surface area contributed by atoms with Crippen molar-refractivity contribution in [3.05, 3.63) is 16.1 Å². The normalized spacial score (nSPS) is 18.6. The minimum atomic E-state index is 0. The third-order valence-electron chi connectivity index (χ3n) is 5.74. The average molecular weight is 535 g/mol. The summed E-state index contributed by atoms with van der Waals surface area (Å²) in [5, 5.41) is 6.65. The van der Waals surface area contributed by atoms with Gasteiger partial charge in [-0.1, -0.05) is 12.8 Å². The lowest BCUT2D eigenvalue weighted by Gasteiger charge is -2.36. The molecule has 7 nitrogen and oxygen atoms in total. The lowest BCUT2D eigenvalue weighted by atomic mass is 10.1. The van der Waals surface area contributed by atoms with Crippen molar-refractivity contribution in [3.63, 3.8) is 0 Å². The van der Waals surface area contributed by atoms with E-state index in [-0.39, 0.29) is 24.0 Å². The van der Waals surface area contributed by atoms with Gasteiger partial charge in [-0.05, 0) is 19.8 Å². The van der Waals surface area contributed by atoms with Crippen LogP contribution in [0.15, 0.2) is 10.4 Å². The Labute approximate surface area is 196 Å². The molecule has 2 aliphatic rings. The third kappa shape index (κ3) is 7.06. The van der Waals surface area contributed by atoms with E-state index in [0.29, 0.717) is 11.8 Å². The SMILES string of the molecule is CN=C(NCCN1CCN(C(=O)C2CCCC2)CC1)N(C)Cc1csc(C)n1.I. The zero-order valence-corrected chi connectivity index (χ0v) is 21.0. The van der Waals surface area contributed by atoms with Gasteiger partial charge in [0.1, 0.15) is 0 Å². The van der Waals surface area contributed by atoms with Gasteiger partial charge in [-0.3, -0.25) is 14.7 Å². The van der Waals surface area contributed by atoms with Gasteiger partial charge in [0, 0.05) is 64.7 Å². The molecule has 164 valence electrons. The molecule has 0 unspecified atom stereocenters. The quantitative estimate of drug-likeness (QED) is 0.345.